The molecule has 1 amide bonds. The van der Waals surface area contributed by atoms with Crippen molar-refractivity contribution in [2.24, 2.45) is 5.41 Å². The SMILES string of the molecule is Cc1cccc(NC(=O)COC(=O)[C@@]2(C)CC2(Cl)Cl)c1. The van der Waals surface area contributed by atoms with Crippen LogP contribution >= 0.6 is 23.2 Å². The number of carbonyl (C=O) groups excluding carboxylic acids is 2. The third-order valence-corrected chi connectivity index (χ3v) is 4.45. The molecule has 108 valence electrons. The molecule has 1 aliphatic carbocycles. The number of ether oxygens (including phenoxy) is 1. The van der Waals surface area contributed by atoms with Gasteiger partial charge in [0.15, 0.2) is 6.61 Å². The number of benzene rings is 1. The van der Waals surface area contributed by atoms with E-state index in [1.807, 2.05) is 25.1 Å². The third kappa shape index (κ3) is 3.07. The van der Waals surface area contributed by atoms with Crippen LogP contribution in [0.2, 0.25) is 0 Å². The Bertz CT molecular complexity index is 559. The summed E-state index contributed by atoms with van der Waals surface area (Å²) in [5.74, 6) is -0.954. The number of nitrogens with one attached hydrogen (secondary N) is 1. The van der Waals surface area contributed by atoms with Gasteiger partial charge in [0.25, 0.3) is 5.91 Å². The highest BCUT2D eigenvalue weighted by Crippen LogP contribution is 2.64. The van der Waals surface area contributed by atoms with Gasteiger partial charge in [0.2, 0.25) is 0 Å². The molecule has 0 radical (unpaired) electrons. The molecular formula is C14H15Cl2NO3. The fourth-order valence-corrected chi connectivity index (χ4v) is 2.52. The fourth-order valence-electron chi connectivity index (χ4n) is 1.83. The molecule has 0 saturated heterocycles. The van der Waals surface area contributed by atoms with Gasteiger partial charge in [-0.1, -0.05) is 12.1 Å². The highest BCUT2D eigenvalue weighted by molar-refractivity contribution is 6.53. The van der Waals surface area contributed by atoms with Crippen molar-refractivity contribution in [3.8, 4) is 0 Å². The fraction of sp³-hybridized carbons (Fsp3) is 0.429. The number of amides is 1. The average Bonchev–Trinajstić information content (AvgIpc) is 2.87. The van der Waals surface area contributed by atoms with Crippen LogP contribution in [0.1, 0.15) is 18.9 Å². The molecule has 6 heteroatoms. The van der Waals surface area contributed by atoms with Crippen molar-refractivity contribution in [1.29, 1.82) is 0 Å². The Morgan fingerprint density at radius 1 is 1.40 bits per heavy atom. The van der Waals surface area contributed by atoms with Gasteiger partial charge in [0.1, 0.15) is 9.75 Å². The average molecular weight is 316 g/mol. The number of carbonyl (C=O) groups is 2. The first-order chi connectivity index (χ1) is 9.24. The maximum Gasteiger partial charge on any atom is 0.315 e. The van der Waals surface area contributed by atoms with E-state index >= 15 is 0 Å². The maximum atomic E-state index is 11.8. The van der Waals surface area contributed by atoms with Crippen LogP contribution in [0.5, 0.6) is 0 Å². The van der Waals surface area contributed by atoms with Gasteiger partial charge < -0.3 is 10.1 Å². The molecular weight excluding hydrogens is 301 g/mol. The Morgan fingerprint density at radius 3 is 2.60 bits per heavy atom. The summed E-state index contributed by atoms with van der Waals surface area (Å²) >= 11 is 11.7. The molecule has 4 nitrogen and oxygen atoms in total. The normalized spacial score (nSPS) is 23.0. The number of hydrogen-bond acceptors (Lipinski definition) is 3. The van der Waals surface area contributed by atoms with Gasteiger partial charge in [-0.15, -0.1) is 23.2 Å². The molecule has 0 spiro atoms. The second-order valence-corrected chi connectivity index (χ2v) is 6.69. The van der Waals surface area contributed by atoms with Crippen LogP contribution in [0.4, 0.5) is 5.69 Å². The smallest absolute Gasteiger partial charge is 0.315 e. The van der Waals surface area contributed by atoms with Gasteiger partial charge in [0, 0.05) is 12.1 Å². The van der Waals surface area contributed by atoms with Crippen molar-refractivity contribution in [2.45, 2.75) is 24.6 Å². The lowest BCUT2D eigenvalue weighted by Crippen LogP contribution is -2.26. The monoisotopic (exact) mass is 315 g/mol. The van der Waals surface area contributed by atoms with Crippen LogP contribution in [0.25, 0.3) is 0 Å². The van der Waals surface area contributed by atoms with Crippen molar-refractivity contribution in [2.75, 3.05) is 11.9 Å². The molecule has 1 aromatic rings. The molecule has 0 unspecified atom stereocenters. The molecule has 1 fully saturated rings. The summed E-state index contributed by atoms with van der Waals surface area (Å²) in [6.07, 6.45) is 0.335. The topological polar surface area (TPSA) is 55.4 Å². The highest BCUT2D eigenvalue weighted by atomic mass is 35.5. The lowest BCUT2D eigenvalue weighted by molar-refractivity contribution is -0.152. The maximum absolute atomic E-state index is 11.8. The number of halogens is 2. The molecule has 0 aromatic heterocycles. The minimum Gasteiger partial charge on any atom is -0.455 e. The quantitative estimate of drug-likeness (QED) is 0.686. The van der Waals surface area contributed by atoms with E-state index in [0.29, 0.717) is 12.1 Å². The van der Waals surface area contributed by atoms with E-state index in [1.54, 1.807) is 13.0 Å². The Hall–Kier alpha value is -1.26. The van der Waals surface area contributed by atoms with Gasteiger partial charge >= 0.3 is 5.97 Å². The van der Waals surface area contributed by atoms with E-state index in [9.17, 15) is 9.59 Å². The molecule has 20 heavy (non-hydrogen) atoms. The second kappa shape index (κ2) is 5.26. The molecule has 0 bridgehead atoms. The van der Waals surface area contributed by atoms with Crippen molar-refractivity contribution in [3.05, 3.63) is 29.8 Å². The minimum atomic E-state index is -1.09. The second-order valence-electron chi connectivity index (χ2n) is 5.21. The summed E-state index contributed by atoms with van der Waals surface area (Å²) in [6.45, 7) is 3.18. The van der Waals surface area contributed by atoms with E-state index in [2.05, 4.69) is 5.32 Å². The minimum absolute atomic E-state index is 0.335. The molecule has 1 aliphatic rings. The van der Waals surface area contributed by atoms with E-state index in [-0.39, 0.29) is 6.61 Å². The van der Waals surface area contributed by atoms with E-state index in [1.165, 1.54) is 0 Å². The molecule has 1 saturated carbocycles. The molecule has 1 atom stereocenters. The number of hydrogen-bond donors (Lipinski definition) is 1. The number of esters is 1. The van der Waals surface area contributed by atoms with Crippen molar-refractivity contribution < 1.29 is 14.3 Å². The first kappa shape index (κ1) is 15.1. The lowest BCUT2D eigenvalue weighted by Gasteiger charge is -2.12. The predicted molar refractivity (Wildman–Crippen MR) is 77.9 cm³/mol. The molecule has 2 rings (SSSR count). The van der Waals surface area contributed by atoms with E-state index in [0.717, 1.165) is 5.56 Å². The number of rotatable bonds is 4. The summed E-state index contributed by atoms with van der Waals surface area (Å²) in [4.78, 5) is 23.5. The zero-order chi connectivity index (χ0) is 15.0. The van der Waals surface area contributed by atoms with Gasteiger partial charge in [0.05, 0.1) is 0 Å². The zero-order valence-electron chi connectivity index (χ0n) is 11.2. The number of anilines is 1. The molecule has 0 heterocycles. The Balaban J connectivity index is 1.83. The van der Waals surface area contributed by atoms with Gasteiger partial charge in [-0.3, -0.25) is 9.59 Å². The zero-order valence-corrected chi connectivity index (χ0v) is 12.7. The highest BCUT2D eigenvalue weighted by Gasteiger charge is 2.69. The number of alkyl halides is 2. The molecule has 0 aliphatic heterocycles. The summed E-state index contributed by atoms with van der Waals surface area (Å²) in [5.41, 5.74) is 0.770. The van der Waals surface area contributed by atoms with Crippen LogP contribution in [-0.4, -0.2) is 22.8 Å². The summed E-state index contributed by atoms with van der Waals surface area (Å²) in [7, 11) is 0. The Labute approximate surface area is 127 Å². The van der Waals surface area contributed by atoms with Gasteiger partial charge in [-0.25, -0.2) is 0 Å². The van der Waals surface area contributed by atoms with Crippen molar-refractivity contribution in [1.82, 2.24) is 0 Å². The van der Waals surface area contributed by atoms with Crippen LogP contribution in [0.3, 0.4) is 0 Å². The van der Waals surface area contributed by atoms with E-state index in [4.69, 9.17) is 27.9 Å². The summed E-state index contributed by atoms with van der Waals surface area (Å²) < 4.78 is 3.86. The van der Waals surface area contributed by atoms with Crippen molar-refractivity contribution >= 4 is 40.8 Å². The Morgan fingerprint density at radius 2 is 2.05 bits per heavy atom. The first-order valence-corrected chi connectivity index (χ1v) is 6.92. The molecule has 1 N–H and O–H groups in total. The number of aryl methyl sites for hydroxylation is 1. The third-order valence-electron chi connectivity index (χ3n) is 3.34. The van der Waals surface area contributed by atoms with E-state index < -0.39 is 21.6 Å². The standard InChI is InChI=1S/C14H15Cl2NO3/c1-9-4-3-5-10(6-9)17-11(18)7-20-12(19)13(2)8-14(13,15)16/h3-6H,7-8H2,1-2H3,(H,17,18)/t13-/m1/s1. The van der Waals surface area contributed by atoms with Crippen LogP contribution in [0, 0.1) is 12.3 Å². The van der Waals surface area contributed by atoms with Crippen LogP contribution < -0.4 is 5.32 Å². The first-order valence-electron chi connectivity index (χ1n) is 6.16. The van der Waals surface area contributed by atoms with Crippen molar-refractivity contribution in [3.63, 3.8) is 0 Å². The van der Waals surface area contributed by atoms with Gasteiger partial charge in [-0.2, -0.15) is 0 Å². The van der Waals surface area contributed by atoms with Crippen LogP contribution in [-0.2, 0) is 14.3 Å². The van der Waals surface area contributed by atoms with Gasteiger partial charge in [-0.05, 0) is 31.5 Å². The molecule has 1 aromatic carbocycles. The largest absolute Gasteiger partial charge is 0.455 e. The van der Waals surface area contributed by atoms with Crippen LogP contribution in [0.15, 0.2) is 24.3 Å². The summed E-state index contributed by atoms with van der Waals surface area (Å²) in [5, 5.41) is 2.65. The predicted octanol–water partition coefficient (Wildman–Crippen LogP) is 3.06. The summed E-state index contributed by atoms with van der Waals surface area (Å²) in [6, 6.07) is 7.34. The lowest BCUT2D eigenvalue weighted by atomic mass is 10.1. The Kier molecular flexibility index (Phi) is 3.98.